The van der Waals surface area contributed by atoms with E-state index >= 15 is 0 Å². The first-order chi connectivity index (χ1) is 17.1. The van der Waals surface area contributed by atoms with Gasteiger partial charge >= 0.3 is 0 Å². The summed E-state index contributed by atoms with van der Waals surface area (Å²) >= 11 is 3.46. The van der Waals surface area contributed by atoms with Crippen molar-refractivity contribution in [3.63, 3.8) is 0 Å². The molecule has 0 bridgehead atoms. The molecule has 4 aromatic rings. The maximum atomic E-state index is 13.9. The van der Waals surface area contributed by atoms with Gasteiger partial charge in [0.25, 0.3) is 5.56 Å². The van der Waals surface area contributed by atoms with Crippen LogP contribution in [0.1, 0.15) is 48.3 Å². The van der Waals surface area contributed by atoms with Gasteiger partial charge in [-0.05, 0) is 35.4 Å². The van der Waals surface area contributed by atoms with Crippen molar-refractivity contribution < 1.29 is 0 Å². The molecule has 182 valence electrons. The van der Waals surface area contributed by atoms with Crippen LogP contribution in [0.2, 0.25) is 0 Å². The third-order valence-corrected chi connectivity index (χ3v) is 8.77. The van der Waals surface area contributed by atoms with E-state index in [1.165, 1.54) is 22.4 Å². The van der Waals surface area contributed by atoms with Gasteiger partial charge in [0.15, 0.2) is 5.16 Å². The van der Waals surface area contributed by atoms with Gasteiger partial charge in [-0.3, -0.25) is 14.3 Å². The normalized spacial score (nSPS) is 14.0. The molecule has 0 fully saturated rings. The number of thioether (sulfide) groups is 1. The van der Waals surface area contributed by atoms with Crippen LogP contribution in [0.25, 0.3) is 10.2 Å². The Bertz CT molecular complexity index is 1330. The fraction of sp³-hybridized carbons (Fsp3) is 0.379. The van der Waals surface area contributed by atoms with Gasteiger partial charge < -0.3 is 0 Å². The van der Waals surface area contributed by atoms with Crippen molar-refractivity contribution in [2.24, 2.45) is 5.92 Å². The van der Waals surface area contributed by atoms with E-state index in [-0.39, 0.29) is 5.56 Å². The van der Waals surface area contributed by atoms with Crippen LogP contribution in [0.15, 0.2) is 70.6 Å². The number of rotatable bonds is 9. The predicted octanol–water partition coefficient (Wildman–Crippen LogP) is 6.59. The fourth-order valence-electron chi connectivity index (χ4n) is 4.76. The standard InChI is InChI=1S/C29H33N3OS2/c1-21(2)10-9-17-34-29-30-27-26(28(33)32(29)19-23-13-7-4-8-14-23)24-15-16-31(20-25(24)35-27)18-22-11-5-3-6-12-22/h3-8,11-14,21H,9-10,15-20H2,1-2H3. The first-order valence-corrected chi connectivity index (χ1v) is 14.4. The Labute approximate surface area is 216 Å². The number of nitrogens with zero attached hydrogens (tertiary/aromatic N) is 3. The maximum Gasteiger partial charge on any atom is 0.263 e. The lowest BCUT2D eigenvalue weighted by Crippen LogP contribution is -2.30. The van der Waals surface area contributed by atoms with Gasteiger partial charge in [0.05, 0.1) is 11.9 Å². The summed E-state index contributed by atoms with van der Waals surface area (Å²) in [6.07, 6.45) is 3.24. The molecule has 0 saturated carbocycles. The Kier molecular flexibility index (Phi) is 7.71. The highest BCUT2D eigenvalue weighted by molar-refractivity contribution is 7.99. The first-order valence-electron chi connectivity index (χ1n) is 12.6. The number of hydrogen-bond donors (Lipinski definition) is 0. The molecule has 0 saturated heterocycles. The molecule has 5 rings (SSSR count). The second-order valence-corrected chi connectivity index (χ2v) is 11.9. The van der Waals surface area contributed by atoms with Crippen molar-refractivity contribution in [1.82, 2.24) is 14.5 Å². The van der Waals surface area contributed by atoms with Crippen LogP contribution in [0.5, 0.6) is 0 Å². The van der Waals surface area contributed by atoms with E-state index in [4.69, 9.17) is 4.98 Å². The summed E-state index contributed by atoms with van der Waals surface area (Å²) < 4.78 is 1.92. The molecule has 0 atom stereocenters. The quantitative estimate of drug-likeness (QED) is 0.147. The molecule has 0 unspecified atom stereocenters. The molecule has 35 heavy (non-hydrogen) atoms. The van der Waals surface area contributed by atoms with Crippen LogP contribution < -0.4 is 5.56 Å². The van der Waals surface area contributed by atoms with Crippen molar-refractivity contribution >= 4 is 33.3 Å². The third-order valence-electron chi connectivity index (χ3n) is 6.59. The summed E-state index contributed by atoms with van der Waals surface area (Å²) in [6, 6.07) is 20.9. The predicted molar refractivity (Wildman–Crippen MR) is 148 cm³/mol. The van der Waals surface area contributed by atoms with Crippen molar-refractivity contribution in [2.45, 2.75) is 57.9 Å². The lowest BCUT2D eigenvalue weighted by atomic mass is 10.0. The van der Waals surface area contributed by atoms with E-state index in [1.807, 2.05) is 22.8 Å². The summed E-state index contributed by atoms with van der Waals surface area (Å²) in [5, 5.41) is 1.71. The molecule has 0 spiro atoms. The van der Waals surface area contributed by atoms with Crippen molar-refractivity contribution in [2.75, 3.05) is 12.3 Å². The van der Waals surface area contributed by atoms with E-state index in [0.717, 1.165) is 59.2 Å². The Balaban J connectivity index is 1.46. The number of aromatic nitrogens is 2. The van der Waals surface area contributed by atoms with E-state index < -0.39 is 0 Å². The van der Waals surface area contributed by atoms with Gasteiger partial charge in [0.1, 0.15) is 4.83 Å². The van der Waals surface area contributed by atoms with Crippen LogP contribution in [-0.2, 0) is 26.1 Å². The molecular weight excluding hydrogens is 470 g/mol. The second-order valence-electron chi connectivity index (χ2n) is 9.79. The van der Waals surface area contributed by atoms with Crippen molar-refractivity contribution in [3.8, 4) is 0 Å². The summed E-state index contributed by atoms with van der Waals surface area (Å²) in [6.45, 7) is 7.89. The van der Waals surface area contributed by atoms with Crippen LogP contribution in [0.3, 0.4) is 0 Å². The average molecular weight is 504 g/mol. The number of hydrogen-bond acceptors (Lipinski definition) is 5. The number of benzene rings is 2. The Morgan fingerprint density at radius 3 is 2.37 bits per heavy atom. The van der Waals surface area contributed by atoms with E-state index in [1.54, 1.807) is 23.1 Å². The molecule has 1 aliphatic heterocycles. The lowest BCUT2D eigenvalue weighted by Gasteiger charge is -2.26. The highest BCUT2D eigenvalue weighted by Crippen LogP contribution is 2.34. The van der Waals surface area contributed by atoms with Crippen LogP contribution >= 0.6 is 23.1 Å². The van der Waals surface area contributed by atoms with E-state index in [9.17, 15) is 4.79 Å². The van der Waals surface area contributed by atoms with Crippen LogP contribution in [0, 0.1) is 5.92 Å². The fourth-order valence-corrected chi connectivity index (χ4v) is 7.02. The summed E-state index contributed by atoms with van der Waals surface area (Å²) in [5.74, 6) is 1.68. The zero-order valence-corrected chi connectivity index (χ0v) is 22.2. The van der Waals surface area contributed by atoms with Gasteiger partial charge in [-0.1, -0.05) is 92.7 Å². The van der Waals surface area contributed by atoms with Gasteiger partial charge in [-0.25, -0.2) is 4.98 Å². The molecule has 0 N–H and O–H groups in total. The highest BCUT2D eigenvalue weighted by atomic mass is 32.2. The van der Waals surface area contributed by atoms with Gasteiger partial charge in [-0.2, -0.15) is 0 Å². The summed E-state index contributed by atoms with van der Waals surface area (Å²) in [7, 11) is 0. The molecule has 3 heterocycles. The number of fused-ring (bicyclic) bond motifs is 3. The Hall–Kier alpha value is -2.41. The molecular formula is C29H33N3OS2. The summed E-state index contributed by atoms with van der Waals surface area (Å²) in [4.78, 5) is 23.7. The minimum Gasteiger partial charge on any atom is -0.294 e. The zero-order chi connectivity index (χ0) is 24.2. The second kappa shape index (κ2) is 11.1. The van der Waals surface area contributed by atoms with Crippen LogP contribution in [0.4, 0.5) is 0 Å². The molecule has 6 heteroatoms. The average Bonchev–Trinajstić information content (AvgIpc) is 3.23. The van der Waals surface area contributed by atoms with Crippen LogP contribution in [-0.4, -0.2) is 26.7 Å². The first kappa shape index (κ1) is 24.3. The van der Waals surface area contributed by atoms with E-state index in [2.05, 4.69) is 61.2 Å². The summed E-state index contributed by atoms with van der Waals surface area (Å²) in [5.41, 5.74) is 3.82. The molecule has 1 aliphatic rings. The molecule has 0 aliphatic carbocycles. The minimum absolute atomic E-state index is 0.124. The van der Waals surface area contributed by atoms with Gasteiger partial charge in [-0.15, -0.1) is 11.3 Å². The number of thiophene rings is 1. The van der Waals surface area contributed by atoms with Crippen molar-refractivity contribution in [3.05, 3.63) is 92.6 Å². The van der Waals surface area contributed by atoms with Gasteiger partial charge in [0.2, 0.25) is 0 Å². The SMILES string of the molecule is CC(C)CCCSc1nc2sc3c(c2c(=O)n1Cc1ccccc1)CCN(Cc1ccccc1)C3. The zero-order valence-electron chi connectivity index (χ0n) is 20.6. The smallest absolute Gasteiger partial charge is 0.263 e. The Morgan fingerprint density at radius 2 is 1.69 bits per heavy atom. The third kappa shape index (κ3) is 5.71. The topological polar surface area (TPSA) is 38.1 Å². The van der Waals surface area contributed by atoms with E-state index in [0.29, 0.717) is 12.5 Å². The monoisotopic (exact) mass is 503 g/mol. The largest absolute Gasteiger partial charge is 0.294 e. The molecule has 2 aromatic carbocycles. The highest BCUT2D eigenvalue weighted by Gasteiger charge is 2.25. The minimum atomic E-state index is 0.124. The van der Waals surface area contributed by atoms with Crippen molar-refractivity contribution in [1.29, 1.82) is 0 Å². The maximum absolute atomic E-state index is 13.9. The molecule has 0 radical (unpaired) electrons. The lowest BCUT2D eigenvalue weighted by molar-refractivity contribution is 0.249. The molecule has 4 nitrogen and oxygen atoms in total. The Morgan fingerprint density at radius 1 is 1.00 bits per heavy atom. The molecule has 0 amide bonds. The van der Waals surface area contributed by atoms with Gasteiger partial charge in [0, 0.05) is 30.3 Å². The molecule has 2 aromatic heterocycles.